The maximum Gasteiger partial charge on any atom is 0.319 e. The molecule has 0 saturated heterocycles. The SMILES string of the molecule is C.CC(C)(C)CC(=O)CC(C)(C)C.CC(C)(C)CC(=O)CCCCCNC(=O)NC(C)(C)C.CC(C)(C)CC(=O)Cc1ccc(NC(=O)NC(C)(C)C)cc1.CC(C)(C)CC(=O)[C@@H](O)[C@H](O)C(=O)NC(C)(C)C.CC(C)(C)CC(=O)[C@@H](O)[C@H](O)[C@@H](O)[C@H](O)C(=O)NC(C)(C)C. The summed E-state index contributed by atoms with van der Waals surface area (Å²) < 4.78 is 0. The van der Waals surface area contributed by atoms with Gasteiger partial charge in [-0.15, -0.1) is 0 Å². The molecular formula is C74H140N6O15. The Balaban J connectivity index is -0.000000359. The average Bonchev–Trinajstić information content (AvgIpc) is 0.900. The van der Waals surface area contributed by atoms with Gasteiger partial charge in [0.25, 0.3) is 11.8 Å². The Hall–Kier alpha value is -5.19. The van der Waals surface area contributed by atoms with E-state index in [1.165, 1.54) is 0 Å². The molecule has 12 N–H and O–H groups in total. The quantitative estimate of drug-likeness (QED) is 0.0453. The fraction of sp³-hybridized carbons (Fsp3) is 0.797. The Morgan fingerprint density at radius 2 is 0.663 bits per heavy atom. The highest BCUT2D eigenvalue weighted by atomic mass is 16.4. The maximum atomic E-state index is 12.0. The van der Waals surface area contributed by atoms with Gasteiger partial charge in [-0.1, -0.05) is 151 Å². The number of hydrogen-bond acceptors (Lipinski definition) is 15. The molecule has 21 nitrogen and oxygen atoms in total. The van der Waals surface area contributed by atoms with E-state index in [-0.39, 0.29) is 76.3 Å². The second-order valence-corrected chi connectivity index (χ2v) is 36.4. The van der Waals surface area contributed by atoms with Crippen molar-refractivity contribution < 1.29 is 73.8 Å². The first kappa shape index (κ1) is 98.5. The number of unbranched alkanes of at least 4 members (excludes halogenated alkanes) is 2. The van der Waals surface area contributed by atoms with Gasteiger partial charge in [-0.2, -0.15) is 0 Å². The maximum absolute atomic E-state index is 12.0. The second-order valence-electron chi connectivity index (χ2n) is 36.4. The summed E-state index contributed by atoms with van der Waals surface area (Å²) in [5.74, 6) is -1.86. The largest absolute Gasteiger partial charge is 0.387 e. The molecule has 556 valence electrons. The van der Waals surface area contributed by atoms with E-state index in [0.717, 1.165) is 24.8 Å². The molecule has 0 aliphatic rings. The molecule has 95 heavy (non-hydrogen) atoms. The zero-order valence-corrected chi connectivity index (χ0v) is 64.1. The smallest absolute Gasteiger partial charge is 0.319 e. The summed E-state index contributed by atoms with van der Waals surface area (Å²) in [6.07, 6.45) is -4.52. The molecule has 0 heterocycles. The molecule has 0 aliphatic heterocycles. The van der Waals surface area contributed by atoms with Gasteiger partial charge in [-0.3, -0.25) is 33.6 Å². The van der Waals surface area contributed by atoms with Crippen LogP contribution >= 0.6 is 0 Å². The zero-order valence-electron chi connectivity index (χ0n) is 64.1. The van der Waals surface area contributed by atoms with Crippen molar-refractivity contribution in [3.63, 3.8) is 0 Å². The summed E-state index contributed by atoms with van der Waals surface area (Å²) in [7, 11) is 0. The third-order valence-electron chi connectivity index (χ3n) is 11.8. The van der Waals surface area contributed by atoms with Gasteiger partial charge in [-0.05, 0) is 146 Å². The average molecular weight is 1350 g/mol. The van der Waals surface area contributed by atoms with Crippen LogP contribution < -0.4 is 31.9 Å². The summed E-state index contributed by atoms with van der Waals surface area (Å²) in [5, 5.41) is 74.7. The van der Waals surface area contributed by atoms with E-state index >= 15 is 0 Å². The van der Waals surface area contributed by atoms with E-state index < -0.39 is 76.5 Å². The Kier molecular flexibility index (Phi) is 43.5. The Labute approximate surface area is 575 Å². The van der Waals surface area contributed by atoms with Crippen molar-refractivity contribution >= 4 is 58.5 Å². The summed E-state index contributed by atoms with van der Waals surface area (Å²) >= 11 is 0. The number of rotatable bonds is 23. The molecule has 6 amide bonds. The minimum absolute atomic E-state index is 0. The van der Waals surface area contributed by atoms with E-state index in [4.69, 9.17) is 0 Å². The molecule has 0 spiro atoms. The van der Waals surface area contributed by atoms with Crippen LogP contribution in [-0.4, -0.2) is 149 Å². The van der Waals surface area contributed by atoms with Crippen LogP contribution in [0, 0.1) is 32.5 Å². The summed E-state index contributed by atoms with van der Waals surface area (Å²) in [5.41, 5.74) is -0.257. The number of anilines is 1. The van der Waals surface area contributed by atoms with Crippen LogP contribution in [0.1, 0.15) is 285 Å². The lowest BCUT2D eigenvalue weighted by Crippen LogP contribution is -2.55. The molecule has 0 saturated carbocycles. The number of nitrogens with one attached hydrogen (secondary N) is 6. The van der Waals surface area contributed by atoms with Crippen molar-refractivity contribution in [2.45, 2.75) is 345 Å². The minimum atomic E-state index is -1.97. The molecule has 1 rings (SSSR count). The Morgan fingerprint density at radius 3 is 1.02 bits per heavy atom. The Morgan fingerprint density at radius 1 is 0.347 bits per heavy atom. The van der Waals surface area contributed by atoms with Crippen molar-refractivity contribution in [2.75, 3.05) is 11.9 Å². The highest BCUT2D eigenvalue weighted by Crippen LogP contribution is 2.27. The van der Waals surface area contributed by atoms with E-state index in [1.54, 1.807) is 62.3 Å². The minimum Gasteiger partial charge on any atom is -0.387 e. The van der Waals surface area contributed by atoms with Crippen LogP contribution in [0.4, 0.5) is 15.3 Å². The molecule has 21 heteroatoms. The zero-order chi connectivity index (χ0) is 75.4. The van der Waals surface area contributed by atoms with E-state index in [9.17, 15) is 73.8 Å². The Bertz CT molecular complexity index is 2310. The van der Waals surface area contributed by atoms with Gasteiger partial charge in [0.15, 0.2) is 23.8 Å². The van der Waals surface area contributed by atoms with Gasteiger partial charge in [0.1, 0.15) is 41.8 Å². The van der Waals surface area contributed by atoms with Crippen molar-refractivity contribution in [3.8, 4) is 0 Å². The summed E-state index contributed by atoms with van der Waals surface area (Å²) in [6, 6.07) is 7.05. The molecule has 0 fully saturated rings. The van der Waals surface area contributed by atoms with Gasteiger partial charge in [-0.25, -0.2) is 9.59 Å². The number of ketones is 5. The first-order valence-electron chi connectivity index (χ1n) is 33.1. The number of carbonyl (C=O) groups excluding carboxylic acids is 9. The number of Topliss-reactive ketones (excluding diaryl/α,β-unsaturated/α-hetero) is 5. The predicted octanol–water partition coefficient (Wildman–Crippen LogP) is 11.8. The third kappa shape index (κ3) is 62.1. The monoisotopic (exact) mass is 1350 g/mol. The van der Waals surface area contributed by atoms with E-state index in [1.807, 2.05) is 86.6 Å². The molecule has 0 unspecified atom stereocenters. The third-order valence-corrected chi connectivity index (χ3v) is 11.8. The first-order chi connectivity index (χ1) is 41.5. The fourth-order valence-electron chi connectivity index (χ4n) is 8.41. The predicted molar refractivity (Wildman–Crippen MR) is 385 cm³/mol. The van der Waals surface area contributed by atoms with Crippen LogP contribution in [0.15, 0.2) is 24.3 Å². The van der Waals surface area contributed by atoms with Crippen LogP contribution in [0.2, 0.25) is 0 Å². The van der Waals surface area contributed by atoms with Gasteiger partial charge in [0.2, 0.25) is 0 Å². The van der Waals surface area contributed by atoms with Crippen molar-refractivity contribution in [3.05, 3.63) is 29.8 Å². The van der Waals surface area contributed by atoms with Gasteiger partial charge < -0.3 is 62.5 Å². The molecule has 0 aromatic heterocycles. The second kappa shape index (κ2) is 41.9. The number of hydrogen-bond donors (Lipinski definition) is 12. The number of urea groups is 2. The van der Waals surface area contributed by atoms with Crippen LogP contribution in [0.5, 0.6) is 0 Å². The van der Waals surface area contributed by atoms with Crippen LogP contribution in [-0.2, 0) is 40.0 Å². The normalized spacial score (nSPS) is 14.2. The number of carbonyl (C=O) groups is 9. The van der Waals surface area contributed by atoms with E-state index in [2.05, 4.69) is 115 Å². The van der Waals surface area contributed by atoms with Gasteiger partial charge >= 0.3 is 12.1 Å². The van der Waals surface area contributed by atoms with E-state index in [0.29, 0.717) is 62.3 Å². The molecule has 0 radical (unpaired) electrons. The van der Waals surface area contributed by atoms with Gasteiger partial charge in [0.05, 0.1) is 0 Å². The molecule has 0 bridgehead atoms. The lowest BCUT2D eigenvalue weighted by Gasteiger charge is -2.29. The van der Waals surface area contributed by atoms with Crippen LogP contribution in [0.3, 0.4) is 0 Å². The highest BCUT2D eigenvalue weighted by Gasteiger charge is 2.39. The summed E-state index contributed by atoms with van der Waals surface area (Å²) in [4.78, 5) is 105. The number of aliphatic hydroxyl groups excluding tert-OH is 6. The topological polar surface area (TPSA) is 347 Å². The molecular weight excluding hydrogens is 1210 g/mol. The van der Waals surface area contributed by atoms with Crippen molar-refractivity contribution in [1.29, 1.82) is 0 Å². The fourth-order valence-corrected chi connectivity index (χ4v) is 8.41. The molecule has 0 aliphatic carbocycles. The highest BCUT2D eigenvalue weighted by molar-refractivity contribution is 5.92. The van der Waals surface area contributed by atoms with Gasteiger partial charge in [0, 0.05) is 85.8 Å². The standard InChI is InChI=1S/C18H28N2O2.C16H32N2O2.C15H29NO6.C13H25NO4.C11H22O.CH4/c1-17(2,3)12-15(21)11-13-7-9-14(10-8-13)19-16(22)20-18(4,5)6;1-15(2,3)12-13(19)10-8-7-9-11-17-14(20)18-16(4,5)6;1-14(2,3)7-8(17)9(18)10(19)11(20)12(21)13(22)16-15(4,5)6;1-12(2,3)7-8(15)9(16)10(17)11(18)14-13(4,5)6;1-10(2,3)7-9(12)8-11(4,5)6;/h7-10H,11-12H2,1-6H3,(H2,19,20,22);7-12H2,1-6H3,(H2,17,18,20);9-12,18-21H,7H2,1-6H3,(H,16,22);9-10,16-17H,7H2,1-6H3,(H,14,18);7-8H2,1-6H3;1H4/t;;9-,10+,11-,12+;9-,10+;;/m..11../s1. The lowest BCUT2D eigenvalue weighted by molar-refractivity contribution is -0.156. The van der Waals surface area contributed by atoms with Crippen LogP contribution in [0.25, 0.3) is 0 Å². The number of aliphatic hydroxyl groups is 6. The summed E-state index contributed by atoms with van der Waals surface area (Å²) in [6.45, 7) is 58.6. The molecule has 1 aromatic carbocycles. The first-order valence-corrected chi connectivity index (χ1v) is 33.1. The van der Waals surface area contributed by atoms with Crippen molar-refractivity contribution in [2.24, 2.45) is 32.5 Å². The molecule has 6 atom stereocenters. The number of amides is 6. The lowest BCUT2D eigenvalue weighted by atomic mass is 9.83. The van der Waals surface area contributed by atoms with Crippen molar-refractivity contribution in [1.82, 2.24) is 26.6 Å². The molecule has 1 aromatic rings. The number of benzene rings is 1.